The van der Waals surface area contributed by atoms with Crippen molar-refractivity contribution in [1.29, 1.82) is 0 Å². The molecule has 0 amide bonds. The van der Waals surface area contributed by atoms with Crippen LogP contribution in [0.15, 0.2) is 0 Å². The molecule has 0 radical (unpaired) electrons. The standard InChI is InChI=1S/4H3NO.2H2O.Pt/c4*1-2;;;/h4*2H,1H2;2*1H2;/q;;;;;;+2/p-2. The third-order valence-electron chi connectivity index (χ3n) is 0. The number of nitrogens with two attached hydrogens (primary N) is 4. The van der Waals surface area contributed by atoms with E-state index >= 15 is 0 Å². The summed E-state index contributed by atoms with van der Waals surface area (Å²) in [5.41, 5.74) is 0. The van der Waals surface area contributed by atoms with Gasteiger partial charge < -0.3 is 31.8 Å². The zero-order chi connectivity index (χ0) is 8.00. The molecule has 0 fully saturated rings. The van der Waals surface area contributed by atoms with Crippen molar-refractivity contribution in [3.8, 4) is 0 Å². The van der Waals surface area contributed by atoms with Gasteiger partial charge >= 0.3 is 21.1 Å². The summed E-state index contributed by atoms with van der Waals surface area (Å²) in [6, 6.07) is 0. The predicted molar refractivity (Wildman–Crippen MR) is 27.8 cm³/mol. The van der Waals surface area contributed by atoms with E-state index in [-0.39, 0.29) is 32.0 Å². The summed E-state index contributed by atoms with van der Waals surface area (Å²) >= 11 is 0. The molecule has 0 unspecified atom stereocenters. The molecule has 0 heterocycles. The summed E-state index contributed by atoms with van der Waals surface area (Å²) in [6.45, 7) is 0. The zero-order valence-corrected chi connectivity index (χ0v) is 7.58. The van der Waals surface area contributed by atoms with E-state index in [1.54, 1.807) is 0 Å². The Morgan fingerprint density at radius 2 is 0.455 bits per heavy atom. The van der Waals surface area contributed by atoms with Gasteiger partial charge in [-0.15, -0.1) is 0 Å². The summed E-state index contributed by atoms with van der Waals surface area (Å²) in [5.74, 6) is 14.0. The van der Waals surface area contributed by atoms with E-state index in [9.17, 15) is 0 Å². The number of hydrogen-bond acceptors (Lipinski definition) is 10. The van der Waals surface area contributed by atoms with Crippen LogP contribution in [0.5, 0.6) is 0 Å². The normalized spacial score (nSPS) is 2.18. The predicted octanol–water partition coefficient (Wildman–Crippen LogP) is -3.02. The average Bonchev–Trinajstić information content (AvgIpc) is 2.03. The SMILES string of the molecule is NO.NO.NO.NO.[OH-].[OH-].[Pt+2]. The van der Waals surface area contributed by atoms with Crippen molar-refractivity contribution in [3.05, 3.63) is 0 Å². The summed E-state index contributed by atoms with van der Waals surface area (Å²) < 4.78 is 0. The van der Waals surface area contributed by atoms with Gasteiger partial charge in [-0.1, -0.05) is 0 Å². The first-order valence-electron chi connectivity index (χ1n) is 1.03. The van der Waals surface area contributed by atoms with Gasteiger partial charge in [0.05, 0.1) is 0 Å². The topological polar surface area (TPSA) is 245 Å². The van der Waals surface area contributed by atoms with Crippen LogP contribution in [-0.2, 0) is 21.1 Å². The summed E-state index contributed by atoms with van der Waals surface area (Å²) in [5, 5.41) is 26.0. The molecule has 0 aromatic carbocycles. The molecule has 0 aliphatic heterocycles. The third kappa shape index (κ3) is 8500. The maximum Gasteiger partial charge on any atom is 2.00 e. The Kier molecular flexibility index (Phi) is 63100. The van der Waals surface area contributed by atoms with Crippen molar-refractivity contribution in [1.82, 2.24) is 0 Å². The second-order valence-electron chi connectivity index (χ2n) is 0. The Hall–Kier alpha value is 0.288. The van der Waals surface area contributed by atoms with Gasteiger partial charge in [-0.3, -0.25) is 0 Å². The summed E-state index contributed by atoms with van der Waals surface area (Å²) in [4.78, 5) is 0. The maximum absolute atomic E-state index is 6.50. The van der Waals surface area contributed by atoms with Crippen LogP contribution in [0.2, 0.25) is 0 Å². The van der Waals surface area contributed by atoms with Crippen molar-refractivity contribution < 1.29 is 52.8 Å². The molecule has 0 saturated heterocycles. The Labute approximate surface area is 77.1 Å². The second kappa shape index (κ2) is 10700. The summed E-state index contributed by atoms with van der Waals surface area (Å²) in [7, 11) is 0. The Morgan fingerprint density at radius 3 is 0.455 bits per heavy atom. The Morgan fingerprint density at radius 1 is 0.455 bits per heavy atom. The van der Waals surface area contributed by atoms with Crippen molar-refractivity contribution in [2.75, 3.05) is 0 Å². The first-order chi connectivity index (χ1) is 4.00. The quantitative estimate of drug-likeness (QED) is 0.203. The van der Waals surface area contributed by atoms with Crippen molar-refractivity contribution in [2.45, 2.75) is 0 Å². The molecular formula is H14N4O6Pt. The first-order valence-corrected chi connectivity index (χ1v) is 1.03. The van der Waals surface area contributed by atoms with E-state index < -0.39 is 0 Å². The smallest absolute Gasteiger partial charge is 0.870 e. The molecule has 0 atom stereocenters. The van der Waals surface area contributed by atoms with Crippen LogP contribution < -0.4 is 23.6 Å². The summed E-state index contributed by atoms with van der Waals surface area (Å²) in [6.07, 6.45) is 0. The van der Waals surface area contributed by atoms with Crippen molar-refractivity contribution >= 4 is 0 Å². The second-order valence-corrected chi connectivity index (χ2v) is 0. The molecule has 11 heteroatoms. The molecule has 0 spiro atoms. The van der Waals surface area contributed by atoms with Crippen molar-refractivity contribution in [2.24, 2.45) is 23.6 Å². The maximum atomic E-state index is 6.50. The number of hydrogen-bond donors (Lipinski definition) is 8. The average molecular weight is 361 g/mol. The fraction of sp³-hybridized carbons (Fsp3) is 0. The van der Waals surface area contributed by atoms with Gasteiger partial charge in [0.15, 0.2) is 0 Å². The molecule has 80 valence electrons. The molecule has 0 aliphatic carbocycles. The van der Waals surface area contributed by atoms with Crippen LogP contribution in [0.1, 0.15) is 0 Å². The minimum absolute atomic E-state index is 0. The molecule has 14 N–H and O–H groups in total. The minimum Gasteiger partial charge on any atom is -0.870 e. The fourth-order valence-corrected chi connectivity index (χ4v) is 0. The van der Waals surface area contributed by atoms with E-state index in [2.05, 4.69) is 23.6 Å². The van der Waals surface area contributed by atoms with E-state index in [0.717, 1.165) is 0 Å². The first kappa shape index (κ1) is 65.0. The van der Waals surface area contributed by atoms with Gasteiger partial charge in [0.2, 0.25) is 0 Å². The molecule has 0 bridgehead atoms. The van der Waals surface area contributed by atoms with Crippen LogP contribution in [0.4, 0.5) is 0 Å². The van der Waals surface area contributed by atoms with Gasteiger partial charge in [0.1, 0.15) is 0 Å². The molecule has 0 aliphatic rings. The monoisotopic (exact) mass is 361 g/mol. The van der Waals surface area contributed by atoms with Crippen LogP contribution in [0, 0.1) is 0 Å². The minimum atomic E-state index is 0. The zero-order valence-electron chi connectivity index (χ0n) is 5.31. The van der Waals surface area contributed by atoms with Crippen LogP contribution in [0.3, 0.4) is 0 Å². The van der Waals surface area contributed by atoms with Gasteiger partial charge in [-0.25, -0.2) is 23.6 Å². The van der Waals surface area contributed by atoms with Crippen molar-refractivity contribution in [3.63, 3.8) is 0 Å². The molecule has 0 aromatic heterocycles. The largest absolute Gasteiger partial charge is 2.00 e. The molecule has 0 rings (SSSR count). The molecule has 0 aromatic rings. The molecule has 10 nitrogen and oxygen atoms in total. The van der Waals surface area contributed by atoms with Crippen LogP contribution in [-0.4, -0.2) is 31.8 Å². The van der Waals surface area contributed by atoms with E-state index in [1.165, 1.54) is 0 Å². The Bertz CT molecular complexity index is 14.5. The van der Waals surface area contributed by atoms with E-state index in [1.807, 2.05) is 0 Å². The van der Waals surface area contributed by atoms with Gasteiger partial charge in [-0.05, 0) is 0 Å². The molecule has 0 saturated carbocycles. The van der Waals surface area contributed by atoms with Crippen LogP contribution in [0.25, 0.3) is 0 Å². The van der Waals surface area contributed by atoms with Crippen LogP contribution >= 0.6 is 0 Å². The van der Waals surface area contributed by atoms with E-state index in [4.69, 9.17) is 20.8 Å². The molecular weight excluding hydrogens is 347 g/mol. The van der Waals surface area contributed by atoms with Gasteiger partial charge in [-0.2, -0.15) is 0 Å². The molecule has 11 heavy (non-hydrogen) atoms. The van der Waals surface area contributed by atoms with Gasteiger partial charge in [0, 0.05) is 0 Å². The number of rotatable bonds is 0. The third-order valence-corrected chi connectivity index (χ3v) is 0. The van der Waals surface area contributed by atoms with E-state index in [0.29, 0.717) is 0 Å². The van der Waals surface area contributed by atoms with Gasteiger partial charge in [0.25, 0.3) is 0 Å². The Balaban J connectivity index is -0.00000000356. The fourth-order valence-electron chi connectivity index (χ4n) is 0.